The standard InChI is InChI=1S/C14H21N5O/c1-6-19-14(12(20-5)8-16-19)13(15-4)11-7-9(2)17-18-10(11)3/h7-8,13,15H,6H2,1-5H3. The van der Waals surface area contributed by atoms with Gasteiger partial charge in [0.05, 0.1) is 30.7 Å². The van der Waals surface area contributed by atoms with Gasteiger partial charge in [-0.3, -0.25) is 4.68 Å². The first kappa shape index (κ1) is 14.5. The number of hydrogen-bond acceptors (Lipinski definition) is 5. The minimum atomic E-state index is -0.0263. The number of methoxy groups -OCH3 is 1. The van der Waals surface area contributed by atoms with Gasteiger partial charge in [0.25, 0.3) is 0 Å². The molecule has 0 fully saturated rings. The van der Waals surface area contributed by atoms with Crippen molar-refractivity contribution in [2.45, 2.75) is 33.4 Å². The molecular formula is C14H21N5O. The van der Waals surface area contributed by atoms with Crippen molar-refractivity contribution in [3.63, 3.8) is 0 Å². The van der Waals surface area contributed by atoms with E-state index in [1.807, 2.05) is 25.6 Å². The van der Waals surface area contributed by atoms with Crippen LogP contribution in [0.25, 0.3) is 0 Å². The van der Waals surface area contributed by atoms with Gasteiger partial charge in [0.1, 0.15) is 5.69 Å². The van der Waals surface area contributed by atoms with Crippen LogP contribution in [0.3, 0.4) is 0 Å². The van der Waals surface area contributed by atoms with Crippen LogP contribution in [-0.4, -0.2) is 34.1 Å². The predicted molar refractivity (Wildman–Crippen MR) is 76.9 cm³/mol. The molecule has 2 aromatic rings. The lowest BCUT2D eigenvalue weighted by atomic mass is 10.0. The van der Waals surface area contributed by atoms with Gasteiger partial charge in [-0.2, -0.15) is 15.3 Å². The van der Waals surface area contributed by atoms with Gasteiger partial charge in [-0.25, -0.2) is 0 Å². The summed E-state index contributed by atoms with van der Waals surface area (Å²) in [6.07, 6.45) is 1.75. The number of nitrogens with zero attached hydrogens (tertiary/aromatic N) is 4. The molecule has 6 nitrogen and oxygen atoms in total. The molecule has 0 saturated heterocycles. The van der Waals surface area contributed by atoms with E-state index in [1.165, 1.54) is 0 Å². The molecule has 1 N–H and O–H groups in total. The normalized spacial score (nSPS) is 12.4. The Labute approximate surface area is 119 Å². The van der Waals surface area contributed by atoms with E-state index in [9.17, 15) is 0 Å². The fourth-order valence-electron chi connectivity index (χ4n) is 2.38. The highest BCUT2D eigenvalue weighted by Gasteiger charge is 2.24. The topological polar surface area (TPSA) is 64.9 Å². The molecule has 108 valence electrons. The van der Waals surface area contributed by atoms with Gasteiger partial charge in [-0.05, 0) is 33.9 Å². The van der Waals surface area contributed by atoms with Crippen LogP contribution < -0.4 is 10.1 Å². The zero-order chi connectivity index (χ0) is 14.7. The van der Waals surface area contributed by atoms with Gasteiger partial charge in [-0.15, -0.1) is 0 Å². The second-order valence-corrected chi connectivity index (χ2v) is 4.66. The molecule has 0 aliphatic heterocycles. The third-order valence-electron chi connectivity index (χ3n) is 3.38. The third-order valence-corrected chi connectivity index (χ3v) is 3.38. The maximum absolute atomic E-state index is 5.44. The molecule has 0 spiro atoms. The number of aryl methyl sites for hydroxylation is 3. The molecule has 0 radical (unpaired) electrons. The zero-order valence-corrected chi connectivity index (χ0v) is 12.6. The molecule has 2 rings (SSSR count). The highest BCUT2D eigenvalue weighted by Crippen LogP contribution is 2.30. The average Bonchev–Trinajstić information content (AvgIpc) is 2.86. The molecule has 0 aromatic carbocycles. The van der Waals surface area contributed by atoms with Gasteiger partial charge >= 0.3 is 0 Å². The quantitative estimate of drug-likeness (QED) is 0.898. The Balaban J connectivity index is 2.57. The van der Waals surface area contributed by atoms with Crippen LogP contribution in [-0.2, 0) is 6.54 Å². The van der Waals surface area contributed by atoms with Gasteiger partial charge < -0.3 is 10.1 Å². The fourth-order valence-corrected chi connectivity index (χ4v) is 2.38. The summed E-state index contributed by atoms with van der Waals surface area (Å²) in [5.74, 6) is 0.778. The Hall–Kier alpha value is -1.95. The summed E-state index contributed by atoms with van der Waals surface area (Å²) in [4.78, 5) is 0. The van der Waals surface area contributed by atoms with Gasteiger partial charge in [0.2, 0.25) is 0 Å². The molecular weight excluding hydrogens is 254 g/mol. The van der Waals surface area contributed by atoms with Gasteiger partial charge in [-0.1, -0.05) is 0 Å². The van der Waals surface area contributed by atoms with Crippen molar-refractivity contribution in [2.75, 3.05) is 14.2 Å². The summed E-state index contributed by atoms with van der Waals surface area (Å²) >= 11 is 0. The highest BCUT2D eigenvalue weighted by atomic mass is 16.5. The molecule has 0 aliphatic carbocycles. The molecule has 0 saturated carbocycles. The summed E-state index contributed by atoms with van der Waals surface area (Å²) in [6, 6.07) is 2.03. The molecule has 2 heterocycles. The first-order chi connectivity index (χ1) is 9.62. The van der Waals surface area contributed by atoms with Crippen molar-refractivity contribution in [2.24, 2.45) is 0 Å². The highest BCUT2D eigenvalue weighted by molar-refractivity contribution is 5.38. The lowest BCUT2D eigenvalue weighted by Crippen LogP contribution is -2.23. The number of hydrogen-bond donors (Lipinski definition) is 1. The van der Waals surface area contributed by atoms with Crippen LogP contribution in [0, 0.1) is 13.8 Å². The van der Waals surface area contributed by atoms with Crippen LogP contribution in [0.2, 0.25) is 0 Å². The summed E-state index contributed by atoms with van der Waals surface area (Å²) in [7, 11) is 3.59. The van der Waals surface area contributed by atoms with E-state index in [-0.39, 0.29) is 6.04 Å². The largest absolute Gasteiger partial charge is 0.493 e. The first-order valence-electron chi connectivity index (χ1n) is 6.70. The monoisotopic (exact) mass is 275 g/mol. The molecule has 0 amide bonds. The molecule has 2 aromatic heterocycles. The van der Waals surface area contributed by atoms with E-state index >= 15 is 0 Å². The van der Waals surface area contributed by atoms with Crippen LogP contribution in [0.5, 0.6) is 5.75 Å². The number of aromatic nitrogens is 4. The zero-order valence-electron chi connectivity index (χ0n) is 12.6. The Bertz CT molecular complexity index is 572. The average molecular weight is 275 g/mol. The van der Waals surface area contributed by atoms with Crippen molar-refractivity contribution in [1.82, 2.24) is 25.3 Å². The van der Waals surface area contributed by atoms with E-state index in [2.05, 4.69) is 33.6 Å². The maximum Gasteiger partial charge on any atom is 0.161 e. The van der Waals surface area contributed by atoms with E-state index in [1.54, 1.807) is 13.3 Å². The summed E-state index contributed by atoms with van der Waals surface area (Å²) in [6.45, 7) is 6.75. The summed E-state index contributed by atoms with van der Waals surface area (Å²) in [5, 5.41) is 16.0. The maximum atomic E-state index is 5.44. The Morgan fingerprint density at radius 2 is 2.10 bits per heavy atom. The minimum absolute atomic E-state index is 0.0263. The SMILES string of the molecule is CCn1ncc(OC)c1C(NC)c1cc(C)nnc1C. The Morgan fingerprint density at radius 3 is 2.70 bits per heavy atom. The molecule has 1 atom stereocenters. The van der Waals surface area contributed by atoms with Crippen molar-refractivity contribution in [1.29, 1.82) is 0 Å². The fraction of sp³-hybridized carbons (Fsp3) is 0.500. The smallest absolute Gasteiger partial charge is 0.161 e. The molecule has 1 unspecified atom stereocenters. The summed E-state index contributed by atoms with van der Waals surface area (Å²) in [5.41, 5.74) is 3.90. The number of ether oxygens (including phenoxy) is 1. The van der Waals surface area contributed by atoms with Crippen molar-refractivity contribution in [3.05, 3.63) is 34.9 Å². The molecule has 20 heavy (non-hydrogen) atoms. The number of rotatable bonds is 5. The Kier molecular flexibility index (Phi) is 4.34. The molecule has 0 bridgehead atoms. The number of nitrogens with one attached hydrogen (secondary N) is 1. The molecule has 0 aliphatic rings. The predicted octanol–water partition coefficient (Wildman–Crippen LogP) is 1.63. The lowest BCUT2D eigenvalue weighted by molar-refractivity contribution is 0.401. The minimum Gasteiger partial charge on any atom is -0.493 e. The summed E-state index contributed by atoms with van der Waals surface area (Å²) < 4.78 is 7.38. The van der Waals surface area contributed by atoms with Gasteiger partial charge in [0, 0.05) is 12.1 Å². The lowest BCUT2D eigenvalue weighted by Gasteiger charge is -2.20. The van der Waals surface area contributed by atoms with E-state index < -0.39 is 0 Å². The van der Waals surface area contributed by atoms with E-state index in [4.69, 9.17) is 4.74 Å². The molecule has 6 heteroatoms. The van der Waals surface area contributed by atoms with Crippen LogP contribution in [0.1, 0.15) is 35.6 Å². The first-order valence-corrected chi connectivity index (χ1v) is 6.70. The van der Waals surface area contributed by atoms with Crippen molar-refractivity contribution in [3.8, 4) is 5.75 Å². The second kappa shape index (κ2) is 6.00. The van der Waals surface area contributed by atoms with Crippen molar-refractivity contribution < 1.29 is 4.74 Å². The van der Waals surface area contributed by atoms with Crippen LogP contribution in [0.4, 0.5) is 0 Å². The van der Waals surface area contributed by atoms with Crippen LogP contribution >= 0.6 is 0 Å². The van der Waals surface area contributed by atoms with Crippen molar-refractivity contribution >= 4 is 0 Å². The van der Waals surface area contributed by atoms with E-state index in [0.717, 1.165) is 34.9 Å². The van der Waals surface area contributed by atoms with E-state index in [0.29, 0.717) is 0 Å². The van der Waals surface area contributed by atoms with Crippen LogP contribution in [0.15, 0.2) is 12.3 Å². The van der Waals surface area contributed by atoms with Gasteiger partial charge in [0.15, 0.2) is 5.75 Å². The second-order valence-electron chi connectivity index (χ2n) is 4.66. The Morgan fingerprint density at radius 1 is 1.35 bits per heavy atom. The third kappa shape index (κ3) is 2.51.